The number of fused-ring (bicyclic) bond motifs is 1. The minimum atomic E-state index is -1.07. The Balaban J connectivity index is 1.46. The fraction of sp³-hybridized carbons (Fsp3) is 0.400. The van der Waals surface area contributed by atoms with E-state index in [0.29, 0.717) is 12.2 Å². The lowest BCUT2D eigenvalue weighted by atomic mass is 10.1. The molecule has 0 radical (unpaired) electrons. The van der Waals surface area contributed by atoms with Crippen molar-refractivity contribution >= 4 is 23.5 Å². The maximum absolute atomic E-state index is 14.3. The zero-order valence-electron chi connectivity index (χ0n) is 28.2. The van der Waals surface area contributed by atoms with E-state index in [1.54, 1.807) is 37.9 Å². The Labute approximate surface area is 287 Å². The quantitative estimate of drug-likeness (QED) is 0.206. The highest BCUT2D eigenvalue weighted by molar-refractivity contribution is 5.93. The number of nitrogens with zero attached hydrogens (tertiary/aromatic N) is 5. The highest BCUT2D eigenvalue weighted by atomic mass is 19.1. The molecule has 50 heavy (non-hydrogen) atoms. The van der Waals surface area contributed by atoms with Gasteiger partial charge in [-0.05, 0) is 69.3 Å². The molecule has 5 rings (SSSR count). The third kappa shape index (κ3) is 8.76. The number of likely N-dealkylation sites (N-methyl/N-ethyl adjacent to an activating group) is 1. The molecule has 5 atom stereocenters. The van der Waals surface area contributed by atoms with Crippen molar-refractivity contribution in [2.24, 2.45) is 0 Å². The average Bonchev–Trinajstić information content (AvgIpc) is 3.72. The highest BCUT2D eigenvalue weighted by Crippen LogP contribution is 2.26. The van der Waals surface area contributed by atoms with Crippen LogP contribution in [0.15, 0.2) is 67.1 Å². The molecule has 1 fully saturated rings. The standard InChI is InChI=1S/C35H40F3N7O5/c1-21(39-3)32(46)42-31(22(2)49-4)34(48)45-19-29(50-28-11-9-25(37)10-12-28)15-27(45)18-43(14-13-23-5-7-24(36)8-6-23)33(47)30-20-44-17-26(38)16-40-35(44)41-30/h5-12,16-17,20-22,27,29,31,39H,13-15,18-19H2,1-4H3,(H,42,46). The van der Waals surface area contributed by atoms with Crippen LogP contribution in [0, 0.1) is 17.5 Å². The monoisotopic (exact) mass is 695 g/mol. The second-order valence-electron chi connectivity index (χ2n) is 12.2. The smallest absolute Gasteiger partial charge is 0.274 e. The number of aromatic nitrogens is 3. The van der Waals surface area contributed by atoms with Crippen LogP contribution in [0.5, 0.6) is 5.75 Å². The molecule has 0 bridgehead atoms. The summed E-state index contributed by atoms with van der Waals surface area (Å²) in [4.78, 5) is 52.7. The number of carbonyl (C=O) groups is 3. The summed E-state index contributed by atoms with van der Waals surface area (Å²) in [5.41, 5.74) is 0.784. The molecule has 266 valence electrons. The van der Waals surface area contributed by atoms with Gasteiger partial charge in [0, 0.05) is 39.0 Å². The molecule has 0 saturated carbocycles. The van der Waals surface area contributed by atoms with Gasteiger partial charge in [0.1, 0.15) is 35.2 Å². The molecule has 0 spiro atoms. The van der Waals surface area contributed by atoms with E-state index >= 15 is 0 Å². The van der Waals surface area contributed by atoms with E-state index in [9.17, 15) is 27.6 Å². The van der Waals surface area contributed by atoms with Crippen LogP contribution in [0.3, 0.4) is 0 Å². The number of nitrogens with one attached hydrogen (secondary N) is 2. The normalized spacial score (nSPS) is 17.7. The molecule has 1 aliphatic heterocycles. The average molecular weight is 696 g/mol. The van der Waals surface area contributed by atoms with Crippen LogP contribution in [0.25, 0.3) is 5.78 Å². The van der Waals surface area contributed by atoms with E-state index in [1.165, 1.54) is 59.0 Å². The van der Waals surface area contributed by atoms with Crippen molar-refractivity contribution in [3.05, 3.63) is 95.8 Å². The zero-order valence-corrected chi connectivity index (χ0v) is 28.2. The number of hydrogen-bond donors (Lipinski definition) is 2. The van der Waals surface area contributed by atoms with Crippen molar-refractivity contribution in [2.75, 3.05) is 33.8 Å². The first-order chi connectivity index (χ1) is 23.9. The Hall–Kier alpha value is -5.02. The van der Waals surface area contributed by atoms with Gasteiger partial charge in [0.25, 0.3) is 5.91 Å². The summed E-state index contributed by atoms with van der Waals surface area (Å²) in [6, 6.07) is 9.16. The lowest BCUT2D eigenvalue weighted by molar-refractivity contribution is -0.141. The summed E-state index contributed by atoms with van der Waals surface area (Å²) in [5, 5.41) is 5.65. The van der Waals surface area contributed by atoms with Gasteiger partial charge in [-0.2, -0.15) is 0 Å². The molecule has 15 heteroatoms. The summed E-state index contributed by atoms with van der Waals surface area (Å²) in [6.07, 6.45) is 2.92. The molecule has 0 aliphatic carbocycles. The van der Waals surface area contributed by atoms with Crippen molar-refractivity contribution in [3.8, 4) is 5.75 Å². The Kier molecular flexibility index (Phi) is 11.7. The molecule has 1 saturated heterocycles. The van der Waals surface area contributed by atoms with Gasteiger partial charge in [0.15, 0.2) is 5.82 Å². The molecule has 3 amide bonds. The van der Waals surface area contributed by atoms with Crippen LogP contribution in [-0.2, 0) is 20.7 Å². The van der Waals surface area contributed by atoms with Gasteiger partial charge >= 0.3 is 0 Å². The van der Waals surface area contributed by atoms with Crippen molar-refractivity contribution in [1.29, 1.82) is 0 Å². The van der Waals surface area contributed by atoms with Crippen molar-refractivity contribution in [3.63, 3.8) is 0 Å². The van der Waals surface area contributed by atoms with Crippen LogP contribution in [-0.4, -0.2) is 106 Å². The van der Waals surface area contributed by atoms with Crippen molar-refractivity contribution in [1.82, 2.24) is 34.8 Å². The Bertz CT molecular complexity index is 1790. The van der Waals surface area contributed by atoms with E-state index in [4.69, 9.17) is 9.47 Å². The highest BCUT2D eigenvalue weighted by Gasteiger charge is 2.42. The molecule has 2 N–H and O–H groups in total. The van der Waals surface area contributed by atoms with Crippen LogP contribution >= 0.6 is 0 Å². The predicted octanol–water partition coefficient (Wildman–Crippen LogP) is 3.01. The number of halogens is 3. The molecule has 4 aromatic rings. The number of imidazole rings is 1. The molecular formula is C35H40F3N7O5. The Morgan fingerprint density at radius 3 is 2.34 bits per heavy atom. The first-order valence-electron chi connectivity index (χ1n) is 16.2. The summed E-state index contributed by atoms with van der Waals surface area (Å²) in [5.74, 6) is -2.24. The van der Waals surface area contributed by atoms with E-state index in [1.807, 2.05) is 0 Å². The topological polar surface area (TPSA) is 130 Å². The number of carbonyl (C=O) groups excluding carboxylic acids is 3. The molecule has 3 heterocycles. The summed E-state index contributed by atoms with van der Waals surface area (Å²) < 4.78 is 54.2. The number of likely N-dealkylation sites (tertiary alicyclic amines) is 1. The maximum atomic E-state index is 14.3. The summed E-state index contributed by atoms with van der Waals surface area (Å²) in [7, 11) is 3.06. The van der Waals surface area contributed by atoms with E-state index in [-0.39, 0.29) is 37.5 Å². The number of benzene rings is 2. The third-order valence-electron chi connectivity index (χ3n) is 8.81. The van der Waals surface area contributed by atoms with Gasteiger partial charge in [-0.25, -0.2) is 23.1 Å². The molecule has 12 nitrogen and oxygen atoms in total. The van der Waals surface area contributed by atoms with Crippen LogP contribution < -0.4 is 15.4 Å². The summed E-state index contributed by atoms with van der Waals surface area (Å²) >= 11 is 0. The van der Waals surface area contributed by atoms with Gasteiger partial charge in [-0.15, -0.1) is 0 Å². The minimum Gasteiger partial charge on any atom is -0.489 e. The Morgan fingerprint density at radius 2 is 1.68 bits per heavy atom. The maximum Gasteiger partial charge on any atom is 0.274 e. The molecule has 2 aromatic carbocycles. The first-order valence-corrected chi connectivity index (χ1v) is 16.2. The second kappa shape index (κ2) is 16.1. The molecule has 5 unspecified atom stereocenters. The fourth-order valence-corrected chi connectivity index (χ4v) is 5.78. The number of ether oxygens (including phenoxy) is 2. The summed E-state index contributed by atoms with van der Waals surface area (Å²) in [6.45, 7) is 3.62. The first kappa shape index (κ1) is 36.3. The largest absolute Gasteiger partial charge is 0.489 e. The minimum absolute atomic E-state index is 0.0105. The lowest BCUT2D eigenvalue weighted by Gasteiger charge is -2.34. The zero-order chi connectivity index (χ0) is 35.9. The number of hydrogen-bond acceptors (Lipinski definition) is 8. The van der Waals surface area contributed by atoms with Gasteiger partial charge in [0.05, 0.1) is 30.9 Å². The van der Waals surface area contributed by atoms with E-state index in [0.717, 1.165) is 18.0 Å². The predicted molar refractivity (Wildman–Crippen MR) is 177 cm³/mol. The van der Waals surface area contributed by atoms with E-state index in [2.05, 4.69) is 20.6 Å². The molecule has 1 aliphatic rings. The molecular weight excluding hydrogens is 655 g/mol. The lowest BCUT2D eigenvalue weighted by Crippen LogP contribution is -2.58. The number of amides is 3. The van der Waals surface area contributed by atoms with Crippen LogP contribution in [0.4, 0.5) is 13.2 Å². The third-order valence-corrected chi connectivity index (χ3v) is 8.81. The van der Waals surface area contributed by atoms with Crippen molar-refractivity contribution in [2.45, 2.75) is 57.0 Å². The van der Waals surface area contributed by atoms with Gasteiger partial charge in [-0.1, -0.05) is 12.1 Å². The number of methoxy groups -OCH3 is 1. The van der Waals surface area contributed by atoms with Crippen LogP contribution in [0.1, 0.15) is 36.3 Å². The van der Waals surface area contributed by atoms with Gasteiger partial charge < -0.3 is 29.9 Å². The van der Waals surface area contributed by atoms with Gasteiger partial charge in [0.2, 0.25) is 17.6 Å². The Morgan fingerprint density at radius 1 is 1.00 bits per heavy atom. The number of rotatable bonds is 14. The van der Waals surface area contributed by atoms with Crippen molar-refractivity contribution < 1.29 is 37.0 Å². The SMILES string of the molecule is CNC(C)C(=O)NC(C(=O)N1CC(Oc2ccc(F)cc2)CC1CN(CCc1ccc(F)cc1)C(=O)c1cn2cc(F)cnc2n1)C(C)OC. The second-order valence-corrected chi connectivity index (χ2v) is 12.2. The fourth-order valence-electron chi connectivity index (χ4n) is 5.78. The molecule has 2 aromatic heterocycles. The van der Waals surface area contributed by atoms with Crippen LogP contribution in [0.2, 0.25) is 0 Å². The van der Waals surface area contributed by atoms with Gasteiger partial charge in [-0.3, -0.25) is 18.8 Å². The van der Waals surface area contributed by atoms with E-state index < -0.39 is 65.5 Å².